The van der Waals surface area contributed by atoms with Crippen molar-refractivity contribution in [1.82, 2.24) is 0 Å². The van der Waals surface area contributed by atoms with E-state index in [1.54, 1.807) is 6.92 Å². The minimum atomic E-state index is -1.69. The standard InChI is InChI=1S/C16H36O4Si3/c1-8-21(9-2)19-23(20-22(10-3)11-4)15(7)12-13-18-16(17)14(5)6/h15,21-23H,5,8-13H2,1-4,6-7H3. The highest BCUT2D eigenvalue weighted by atomic mass is 28.4. The molecule has 0 rings (SSSR count). The van der Waals surface area contributed by atoms with Gasteiger partial charge in [0.15, 0.2) is 18.1 Å². The summed E-state index contributed by atoms with van der Waals surface area (Å²) in [6.07, 6.45) is 0.818. The van der Waals surface area contributed by atoms with E-state index in [4.69, 9.17) is 13.0 Å². The molecule has 0 heterocycles. The molecule has 4 nitrogen and oxygen atoms in total. The van der Waals surface area contributed by atoms with Crippen LogP contribution in [0.5, 0.6) is 0 Å². The van der Waals surface area contributed by atoms with Gasteiger partial charge in [-0.15, -0.1) is 0 Å². The Balaban J connectivity index is 4.61. The van der Waals surface area contributed by atoms with Crippen LogP contribution in [0.1, 0.15) is 48.0 Å². The summed E-state index contributed by atoms with van der Waals surface area (Å²) < 4.78 is 18.2. The van der Waals surface area contributed by atoms with E-state index in [2.05, 4.69) is 41.2 Å². The van der Waals surface area contributed by atoms with Crippen LogP contribution in [0.25, 0.3) is 0 Å². The van der Waals surface area contributed by atoms with Crippen LogP contribution in [-0.2, 0) is 17.8 Å². The number of rotatable bonds is 13. The van der Waals surface area contributed by atoms with Crippen molar-refractivity contribution in [1.29, 1.82) is 0 Å². The third-order valence-electron chi connectivity index (χ3n) is 4.09. The van der Waals surface area contributed by atoms with Crippen molar-refractivity contribution in [2.45, 2.75) is 77.7 Å². The first-order valence-electron chi connectivity index (χ1n) is 9.02. The molecule has 0 aromatic heterocycles. The molecule has 23 heavy (non-hydrogen) atoms. The quantitative estimate of drug-likeness (QED) is 0.279. The van der Waals surface area contributed by atoms with Crippen molar-refractivity contribution in [2.75, 3.05) is 6.61 Å². The first-order valence-corrected chi connectivity index (χ1v) is 14.8. The summed E-state index contributed by atoms with van der Waals surface area (Å²) >= 11 is 0. The van der Waals surface area contributed by atoms with E-state index in [1.807, 2.05) is 0 Å². The molecule has 0 saturated heterocycles. The van der Waals surface area contributed by atoms with Gasteiger partial charge in [0.25, 0.3) is 0 Å². The van der Waals surface area contributed by atoms with E-state index >= 15 is 0 Å². The van der Waals surface area contributed by atoms with E-state index in [0.717, 1.165) is 30.6 Å². The fourth-order valence-corrected chi connectivity index (χ4v) is 12.9. The lowest BCUT2D eigenvalue weighted by atomic mass is 10.3. The van der Waals surface area contributed by atoms with Crippen LogP contribution < -0.4 is 0 Å². The van der Waals surface area contributed by atoms with Gasteiger partial charge in [-0.3, -0.25) is 0 Å². The maximum Gasteiger partial charge on any atom is 0.333 e. The average molecular weight is 377 g/mol. The van der Waals surface area contributed by atoms with Crippen LogP contribution in [0, 0.1) is 0 Å². The highest BCUT2D eigenvalue weighted by Crippen LogP contribution is 2.21. The Morgan fingerprint density at radius 3 is 1.78 bits per heavy atom. The second-order valence-corrected chi connectivity index (χ2v) is 16.0. The van der Waals surface area contributed by atoms with Gasteiger partial charge in [0.05, 0.1) is 6.61 Å². The topological polar surface area (TPSA) is 44.8 Å². The number of hydrogen-bond donors (Lipinski definition) is 0. The van der Waals surface area contributed by atoms with E-state index in [-0.39, 0.29) is 5.97 Å². The summed E-state index contributed by atoms with van der Waals surface area (Å²) in [5, 5.41) is 0. The molecule has 0 N–H and O–H groups in total. The van der Waals surface area contributed by atoms with Gasteiger partial charge in [-0.1, -0.05) is 41.2 Å². The van der Waals surface area contributed by atoms with Gasteiger partial charge in [0, 0.05) is 5.57 Å². The molecule has 0 amide bonds. The summed E-state index contributed by atoms with van der Waals surface area (Å²) in [5.74, 6) is -0.305. The Kier molecular flexibility index (Phi) is 13.0. The van der Waals surface area contributed by atoms with Gasteiger partial charge in [-0.25, -0.2) is 4.79 Å². The van der Waals surface area contributed by atoms with Crippen molar-refractivity contribution in [3.05, 3.63) is 12.2 Å². The van der Waals surface area contributed by atoms with E-state index in [0.29, 0.717) is 17.7 Å². The molecule has 1 unspecified atom stereocenters. The Morgan fingerprint density at radius 2 is 1.43 bits per heavy atom. The lowest BCUT2D eigenvalue weighted by molar-refractivity contribution is -0.139. The van der Waals surface area contributed by atoms with Crippen LogP contribution in [0.15, 0.2) is 12.2 Å². The summed E-state index contributed by atoms with van der Waals surface area (Å²) in [6.45, 7) is 16.8. The highest BCUT2D eigenvalue weighted by molar-refractivity contribution is 6.69. The van der Waals surface area contributed by atoms with Gasteiger partial charge in [-0.2, -0.15) is 0 Å². The highest BCUT2D eigenvalue weighted by Gasteiger charge is 2.28. The van der Waals surface area contributed by atoms with Crippen molar-refractivity contribution in [3.63, 3.8) is 0 Å². The molecular formula is C16H36O4Si3. The zero-order valence-electron chi connectivity index (χ0n) is 15.9. The fraction of sp³-hybridized carbons (Fsp3) is 0.812. The van der Waals surface area contributed by atoms with Gasteiger partial charge in [-0.05, 0) is 43.1 Å². The Hall–Kier alpha value is -0.219. The molecule has 0 aliphatic rings. The molecule has 7 heteroatoms. The normalized spacial score (nSPS) is 12.9. The predicted octanol–water partition coefficient (Wildman–Crippen LogP) is 3.67. The van der Waals surface area contributed by atoms with Crippen LogP contribution in [0.3, 0.4) is 0 Å². The Bertz CT molecular complexity index is 330. The summed E-state index contributed by atoms with van der Waals surface area (Å²) in [5.41, 5.74) is 0.821. The molecular weight excluding hydrogens is 340 g/mol. The third kappa shape index (κ3) is 9.61. The molecule has 1 atom stereocenters. The third-order valence-corrected chi connectivity index (χ3v) is 14.2. The largest absolute Gasteiger partial charge is 0.462 e. The molecule has 0 aromatic carbocycles. The van der Waals surface area contributed by atoms with Crippen LogP contribution in [0.2, 0.25) is 29.7 Å². The first kappa shape index (κ1) is 22.8. The lowest BCUT2D eigenvalue weighted by Gasteiger charge is -2.29. The van der Waals surface area contributed by atoms with Gasteiger partial charge >= 0.3 is 15.3 Å². The number of carbonyl (C=O) groups excluding carboxylic acids is 1. The predicted molar refractivity (Wildman–Crippen MR) is 105 cm³/mol. The second kappa shape index (κ2) is 13.1. The zero-order chi connectivity index (χ0) is 17.8. The maximum absolute atomic E-state index is 11.5. The minimum absolute atomic E-state index is 0.305. The van der Waals surface area contributed by atoms with Crippen molar-refractivity contribution < 1.29 is 17.8 Å². The molecule has 0 spiro atoms. The molecule has 0 aromatic rings. The summed E-state index contributed by atoms with van der Waals surface area (Å²) in [6, 6.07) is 4.63. The summed E-state index contributed by atoms with van der Waals surface area (Å²) in [4.78, 5) is 11.5. The minimum Gasteiger partial charge on any atom is -0.462 e. The molecule has 136 valence electrons. The molecule has 0 aliphatic carbocycles. The van der Waals surface area contributed by atoms with Gasteiger partial charge in [0.2, 0.25) is 0 Å². The monoisotopic (exact) mass is 376 g/mol. The van der Waals surface area contributed by atoms with Crippen LogP contribution >= 0.6 is 0 Å². The average Bonchev–Trinajstić information content (AvgIpc) is 2.54. The molecule has 0 radical (unpaired) electrons. The molecule has 0 saturated carbocycles. The van der Waals surface area contributed by atoms with Crippen LogP contribution in [-0.4, -0.2) is 39.9 Å². The molecule has 0 aliphatic heterocycles. The van der Waals surface area contributed by atoms with Crippen molar-refractivity contribution >= 4 is 33.3 Å². The smallest absolute Gasteiger partial charge is 0.333 e. The number of esters is 1. The van der Waals surface area contributed by atoms with E-state index < -0.39 is 27.4 Å². The Morgan fingerprint density at radius 1 is 1.00 bits per heavy atom. The number of ether oxygens (including phenoxy) is 1. The molecule has 0 bridgehead atoms. The van der Waals surface area contributed by atoms with Crippen LogP contribution in [0.4, 0.5) is 0 Å². The van der Waals surface area contributed by atoms with Gasteiger partial charge < -0.3 is 13.0 Å². The number of hydrogen-bond acceptors (Lipinski definition) is 4. The Labute approximate surface area is 147 Å². The zero-order valence-corrected chi connectivity index (χ0v) is 19.4. The van der Waals surface area contributed by atoms with Gasteiger partial charge in [0.1, 0.15) is 0 Å². The second-order valence-electron chi connectivity index (χ2n) is 6.20. The SMILES string of the molecule is C=C(C)C(=O)OCCC(C)[SiH](O[SiH](CC)CC)O[SiH](CC)CC. The van der Waals surface area contributed by atoms with Crippen molar-refractivity contribution in [3.8, 4) is 0 Å². The lowest BCUT2D eigenvalue weighted by Crippen LogP contribution is -2.39. The number of carbonyl (C=O) groups is 1. The van der Waals surface area contributed by atoms with E-state index in [1.165, 1.54) is 0 Å². The maximum atomic E-state index is 11.5. The van der Waals surface area contributed by atoms with Crippen molar-refractivity contribution in [2.24, 2.45) is 0 Å². The summed E-state index contributed by atoms with van der Waals surface area (Å²) in [7, 11) is -3.93. The van der Waals surface area contributed by atoms with E-state index in [9.17, 15) is 4.79 Å². The first-order chi connectivity index (χ1) is 10.9. The fourth-order valence-electron chi connectivity index (χ4n) is 2.24. The molecule has 0 fully saturated rings.